The van der Waals surface area contributed by atoms with E-state index in [9.17, 15) is 48.7 Å². The number of halogens is 12. The first-order valence-electron chi connectivity index (χ1n) is 3.88. The molecule has 120 valence electrons. The maximum Gasteiger partial charge on any atom is 0.459 e. The van der Waals surface area contributed by atoms with E-state index >= 15 is 0 Å². The Kier molecular flexibility index (Phi) is 4.93. The third-order valence-electron chi connectivity index (χ3n) is 1.61. The lowest BCUT2D eigenvalue weighted by molar-refractivity contribution is -0.421. The van der Waals surface area contributed by atoms with Crippen molar-refractivity contribution in [2.45, 2.75) is 28.6 Å². The molecule has 0 aliphatic carbocycles. The smallest absolute Gasteiger partial charge is 0.262 e. The van der Waals surface area contributed by atoms with Crippen LogP contribution in [-0.2, 0) is 9.53 Å². The van der Waals surface area contributed by atoms with E-state index in [0.29, 0.717) is 0 Å². The largest absolute Gasteiger partial charge is 0.459 e. The van der Waals surface area contributed by atoms with Crippen LogP contribution < -0.4 is 0 Å². The van der Waals surface area contributed by atoms with Crippen molar-refractivity contribution in [3.63, 3.8) is 0 Å². The predicted octanol–water partition coefficient (Wildman–Crippen LogP) is 4.06. The molecule has 0 N–H and O–H groups in total. The lowest BCUT2D eigenvalue weighted by atomic mass is 10.3. The highest BCUT2D eigenvalue weighted by atomic mass is 35.5. The first-order chi connectivity index (χ1) is 8.40. The Morgan fingerprint density at radius 1 is 0.850 bits per heavy atom. The second-order valence-electron chi connectivity index (χ2n) is 3.06. The van der Waals surface area contributed by atoms with Gasteiger partial charge in [0.15, 0.2) is 0 Å². The Balaban J connectivity index is 5.73. The van der Waals surface area contributed by atoms with E-state index in [0.717, 1.165) is 0 Å². The van der Waals surface area contributed by atoms with Gasteiger partial charge in [-0.25, -0.2) is 4.39 Å². The number of carbonyl (C=O) groups is 1. The second kappa shape index (κ2) is 5.05. The molecule has 0 amide bonds. The molecule has 0 aromatic carbocycles. The van der Waals surface area contributed by atoms with Gasteiger partial charge in [-0.15, -0.1) is 0 Å². The van der Waals surface area contributed by atoms with Gasteiger partial charge in [0.05, 0.1) is 0 Å². The summed E-state index contributed by atoms with van der Waals surface area (Å²) < 4.78 is 125. The predicted molar refractivity (Wildman–Crippen MR) is 42.5 cm³/mol. The van der Waals surface area contributed by atoms with E-state index in [1.54, 1.807) is 0 Å². The minimum atomic E-state index is -6.78. The van der Waals surface area contributed by atoms with Gasteiger partial charge >= 0.3 is 34.7 Å². The maximum absolute atomic E-state index is 12.8. The molecule has 2 nitrogen and oxygen atoms in total. The number of hydrogen-bond donors (Lipinski definition) is 0. The highest BCUT2D eigenvalue weighted by Crippen LogP contribution is 2.53. The summed E-state index contributed by atoms with van der Waals surface area (Å²) in [6.45, 7) is 0. The quantitative estimate of drug-likeness (QED) is 0.418. The van der Waals surface area contributed by atoms with Gasteiger partial charge in [-0.3, -0.25) is 9.53 Å². The molecule has 0 saturated heterocycles. The fraction of sp³-hybridized carbons (Fsp3) is 0.833. The summed E-state index contributed by atoms with van der Waals surface area (Å²) in [4.78, 5) is 9.76. The van der Waals surface area contributed by atoms with Crippen LogP contribution in [0.3, 0.4) is 0 Å². The summed E-state index contributed by atoms with van der Waals surface area (Å²) in [6.07, 6.45) is -13.3. The molecule has 0 spiro atoms. The maximum atomic E-state index is 12.8. The van der Waals surface area contributed by atoms with Gasteiger partial charge in [0, 0.05) is 0 Å². The lowest BCUT2D eigenvalue weighted by Crippen LogP contribution is -2.60. The summed E-state index contributed by atoms with van der Waals surface area (Å²) in [6, 6.07) is -4.20. The van der Waals surface area contributed by atoms with E-state index in [-0.39, 0.29) is 0 Å². The molecule has 0 fully saturated rings. The van der Waals surface area contributed by atoms with Crippen LogP contribution in [0.5, 0.6) is 0 Å². The third kappa shape index (κ3) is 3.22. The zero-order valence-electron chi connectivity index (χ0n) is 8.35. The van der Waals surface area contributed by atoms with Crippen LogP contribution in [0.15, 0.2) is 0 Å². The van der Waals surface area contributed by atoms with Crippen LogP contribution in [0, 0.1) is 0 Å². The molecule has 0 saturated carbocycles. The van der Waals surface area contributed by atoms with E-state index in [2.05, 4.69) is 23.2 Å². The van der Waals surface area contributed by atoms with Crippen LogP contribution in [0.25, 0.3) is 0 Å². The van der Waals surface area contributed by atoms with Gasteiger partial charge in [-0.05, 0) is 11.6 Å². The monoisotopic (exact) mass is 364 g/mol. The first-order valence-corrected chi connectivity index (χ1v) is 4.64. The molecule has 0 aliphatic rings. The van der Waals surface area contributed by atoms with Crippen molar-refractivity contribution in [1.82, 2.24) is 0 Å². The molecule has 0 aromatic heterocycles. The molecule has 2 atom stereocenters. The lowest BCUT2D eigenvalue weighted by Gasteiger charge is -2.34. The zero-order chi connectivity index (χ0) is 16.8. The number of carbonyl (C=O) groups excluding carboxylic acids is 1. The zero-order valence-corrected chi connectivity index (χ0v) is 9.86. The van der Waals surface area contributed by atoms with E-state index < -0.39 is 34.7 Å². The van der Waals surface area contributed by atoms with Crippen molar-refractivity contribution < 1.29 is 53.4 Å². The summed E-state index contributed by atoms with van der Waals surface area (Å²) in [5.74, 6) is -6.43. The highest BCUT2D eigenvalue weighted by Gasteiger charge is 2.77. The molecule has 2 unspecified atom stereocenters. The normalized spacial score (nSPS) is 20.2. The summed E-state index contributed by atoms with van der Waals surface area (Å²) >= 11 is 7.62. The van der Waals surface area contributed by atoms with Crippen LogP contribution >= 0.6 is 23.2 Å². The molecule has 20 heavy (non-hydrogen) atoms. The summed E-state index contributed by atoms with van der Waals surface area (Å²) in [7, 11) is 0. The van der Waals surface area contributed by atoms with Crippen molar-refractivity contribution in [1.29, 1.82) is 0 Å². The number of alkyl halides is 11. The van der Waals surface area contributed by atoms with E-state index in [4.69, 9.17) is 0 Å². The van der Waals surface area contributed by atoms with Gasteiger partial charge in [0.1, 0.15) is 0 Å². The average Bonchev–Trinajstić information content (AvgIpc) is 2.12. The van der Waals surface area contributed by atoms with Gasteiger partial charge in [0.2, 0.25) is 0 Å². The topological polar surface area (TPSA) is 26.3 Å². The molecule has 0 heterocycles. The Bertz CT molecular complexity index is 388. The summed E-state index contributed by atoms with van der Waals surface area (Å²) in [5.41, 5.74) is 0. The first kappa shape index (κ1) is 19.5. The summed E-state index contributed by atoms with van der Waals surface area (Å²) in [5, 5.41) is -11.7. The van der Waals surface area contributed by atoms with Gasteiger partial charge in [0.25, 0.3) is 0 Å². The molecule has 0 aromatic rings. The molecule has 0 bridgehead atoms. The third-order valence-corrected chi connectivity index (χ3v) is 2.42. The van der Waals surface area contributed by atoms with Gasteiger partial charge < -0.3 is 0 Å². The molecule has 14 heteroatoms. The van der Waals surface area contributed by atoms with Crippen LogP contribution in [0.1, 0.15) is 0 Å². The standard InChI is InChI=1S/C6Cl2F10O2/c7-3(11,4(8,12)13)6(17,18)20-2(10,1(9)19)5(14,15)16. The minimum Gasteiger partial charge on any atom is -0.262 e. The molecule has 0 aliphatic heterocycles. The molecule has 0 radical (unpaired) electrons. The van der Waals surface area contributed by atoms with Gasteiger partial charge in [-0.1, -0.05) is 11.6 Å². The Morgan fingerprint density at radius 2 is 1.20 bits per heavy atom. The average molecular weight is 365 g/mol. The van der Waals surface area contributed by atoms with Gasteiger partial charge in [-0.2, -0.15) is 39.5 Å². The van der Waals surface area contributed by atoms with E-state index in [1.807, 2.05) is 4.74 Å². The number of hydrogen-bond acceptors (Lipinski definition) is 2. The van der Waals surface area contributed by atoms with E-state index in [1.165, 1.54) is 0 Å². The van der Waals surface area contributed by atoms with Crippen molar-refractivity contribution in [3.05, 3.63) is 0 Å². The Morgan fingerprint density at radius 3 is 1.40 bits per heavy atom. The molecular weight excluding hydrogens is 365 g/mol. The van der Waals surface area contributed by atoms with Crippen molar-refractivity contribution in [2.24, 2.45) is 0 Å². The molecular formula is C6Cl2F10O2. The minimum absolute atomic E-state index is 1.92. The van der Waals surface area contributed by atoms with Crippen LogP contribution in [0.2, 0.25) is 0 Å². The second-order valence-corrected chi connectivity index (χ2v) is 4.05. The van der Waals surface area contributed by atoms with Crippen molar-refractivity contribution in [3.8, 4) is 0 Å². The Labute approximate surface area is 112 Å². The van der Waals surface area contributed by atoms with Crippen LogP contribution in [0.4, 0.5) is 43.9 Å². The Hall–Kier alpha value is -0.490. The van der Waals surface area contributed by atoms with Crippen LogP contribution in [-0.4, -0.2) is 34.7 Å². The fourth-order valence-electron chi connectivity index (χ4n) is 0.615. The highest BCUT2D eigenvalue weighted by molar-refractivity contribution is 6.32. The van der Waals surface area contributed by atoms with Crippen molar-refractivity contribution in [2.75, 3.05) is 0 Å². The fourth-order valence-corrected chi connectivity index (χ4v) is 0.764. The molecule has 0 rings (SSSR count). The number of rotatable bonds is 5. The number of ether oxygens (including phenoxy) is 1. The SMILES string of the molecule is O=C(F)C(F)(OC(F)(F)C(F)(Cl)C(F)(F)Cl)C(F)(F)F. The van der Waals surface area contributed by atoms with Crippen molar-refractivity contribution >= 4 is 29.2 Å².